The van der Waals surface area contributed by atoms with Gasteiger partial charge in [0, 0.05) is 18.7 Å². The number of ketones is 1. The van der Waals surface area contributed by atoms with E-state index in [1.165, 1.54) is 0 Å². The first-order valence-electron chi connectivity index (χ1n) is 12.5. The largest absolute Gasteiger partial charge is 0.507 e. The number of hydrogen-bond acceptors (Lipinski definition) is 5. The summed E-state index contributed by atoms with van der Waals surface area (Å²) < 4.78 is 5.49. The van der Waals surface area contributed by atoms with Crippen LogP contribution in [-0.4, -0.2) is 59.4 Å². The van der Waals surface area contributed by atoms with E-state index in [0.29, 0.717) is 31.0 Å². The van der Waals surface area contributed by atoms with Crippen LogP contribution in [0.1, 0.15) is 64.3 Å². The van der Waals surface area contributed by atoms with Crippen LogP contribution in [0.2, 0.25) is 0 Å². The lowest BCUT2D eigenvalue weighted by atomic mass is 9.85. The maximum Gasteiger partial charge on any atom is 0.295 e. The van der Waals surface area contributed by atoms with Crippen molar-refractivity contribution < 1.29 is 19.4 Å². The van der Waals surface area contributed by atoms with Gasteiger partial charge in [-0.3, -0.25) is 9.59 Å². The molecular weight excluding hydrogens is 440 g/mol. The summed E-state index contributed by atoms with van der Waals surface area (Å²) in [5.74, 6) is -0.713. The summed E-state index contributed by atoms with van der Waals surface area (Å²) in [6.45, 7) is 15.8. The summed E-state index contributed by atoms with van der Waals surface area (Å²) >= 11 is 0. The van der Waals surface area contributed by atoms with Gasteiger partial charge in [0.05, 0.1) is 18.2 Å². The van der Waals surface area contributed by atoms with Crippen molar-refractivity contribution in [1.82, 2.24) is 9.80 Å². The number of aliphatic hydroxyl groups excluding tert-OH is 1. The lowest BCUT2D eigenvalue weighted by Gasteiger charge is -2.28. The van der Waals surface area contributed by atoms with Gasteiger partial charge in [0.2, 0.25) is 0 Å². The predicted molar refractivity (Wildman–Crippen MR) is 140 cm³/mol. The molecule has 2 aromatic carbocycles. The number of rotatable bonds is 9. The molecule has 0 spiro atoms. The first-order chi connectivity index (χ1) is 16.6. The molecule has 188 valence electrons. The molecule has 0 saturated carbocycles. The van der Waals surface area contributed by atoms with Crippen molar-refractivity contribution in [2.75, 3.05) is 32.8 Å². The van der Waals surface area contributed by atoms with Crippen molar-refractivity contribution in [3.8, 4) is 5.75 Å². The van der Waals surface area contributed by atoms with E-state index in [4.69, 9.17) is 4.74 Å². The predicted octanol–water partition coefficient (Wildman–Crippen LogP) is 5.15. The summed E-state index contributed by atoms with van der Waals surface area (Å²) in [5.41, 5.74) is 2.55. The zero-order valence-corrected chi connectivity index (χ0v) is 21.8. The van der Waals surface area contributed by atoms with Crippen LogP contribution >= 0.6 is 0 Å². The monoisotopic (exact) mass is 478 g/mol. The Hall–Kier alpha value is -3.12. The van der Waals surface area contributed by atoms with Crippen LogP contribution in [0.4, 0.5) is 0 Å². The number of amides is 1. The van der Waals surface area contributed by atoms with E-state index in [0.717, 1.165) is 24.2 Å². The Kier molecular flexibility index (Phi) is 8.39. The lowest BCUT2D eigenvalue weighted by molar-refractivity contribution is -0.140. The van der Waals surface area contributed by atoms with E-state index in [1.807, 2.05) is 31.2 Å². The summed E-state index contributed by atoms with van der Waals surface area (Å²) in [6.07, 6.45) is 0. The highest BCUT2D eigenvalue weighted by molar-refractivity contribution is 6.46. The number of hydrogen-bond donors (Lipinski definition) is 1. The number of carbonyl (C=O) groups is 2. The summed E-state index contributed by atoms with van der Waals surface area (Å²) in [7, 11) is 0. The van der Waals surface area contributed by atoms with Gasteiger partial charge in [0.25, 0.3) is 11.7 Å². The first kappa shape index (κ1) is 26.5. The van der Waals surface area contributed by atoms with Gasteiger partial charge in [-0.2, -0.15) is 0 Å². The SMILES string of the molecule is CCOc1ccc(C(O)=C2C(=O)C(=O)N(CCN(CC)CC)[C@@H]2c2ccc(C(C)(C)C)cc2)cc1. The van der Waals surface area contributed by atoms with E-state index >= 15 is 0 Å². The molecule has 6 nitrogen and oxygen atoms in total. The van der Waals surface area contributed by atoms with Crippen molar-refractivity contribution >= 4 is 17.4 Å². The van der Waals surface area contributed by atoms with Crippen LogP contribution in [0.5, 0.6) is 5.75 Å². The molecule has 1 fully saturated rings. The molecule has 6 heteroatoms. The Bertz CT molecular complexity index is 1060. The fraction of sp³-hybridized carbons (Fsp3) is 0.448. The Morgan fingerprint density at radius 3 is 2.09 bits per heavy atom. The normalized spacial score (nSPS) is 17.9. The number of aliphatic hydroxyl groups is 1. The van der Waals surface area contributed by atoms with Crippen molar-refractivity contribution in [3.63, 3.8) is 0 Å². The smallest absolute Gasteiger partial charge is 0.295 e. The van der Waals surface area contributed by atoms with Gasteiger partial charge >= 0.3 is 0 Å². The summed E-state index contributed by atoms with van der Waals surface area (Å²) in [4.78, 5) is 30.2. The van der Waals surface area contributed by atoms with Crippen molar-refractivity contribution in [3.05, 3.63) is 70.8 Å². The third-order valence-corrected chi connectivity index (χ3v) is 6.62. The molecule has 1 N–H and O–H groups in total. The molecule has 1 amide bonds. The average Bonchev–Trinajstić information content (AvgIpc) is 3.09. The molecule has 35 heavy (non-hydrogen) atoms. The van der Waals surface area contributed by atoms with Gasteiger partial charge in [-0.25, -0.2) is 0 Å². The zero-order chi connectivity index (χ0) is 25.8. The lowest BCUT2D eigenvalue weighted by Crippen LogP contribution is -2.38. The molecule has 1 aliphatic rings. The summed E-state index contributed by atoms with van der Waals surface area (Å²) in [5, 5.41) is 11.3. The van der Waals surface area contributed by atoms with Gasteiger partial charge in [-0.05, 0) is 60.8 Å². The zero-order valence-electron chi connectivity index (χ0n) is 21.8. The van der Waals surface area contributed by atoms with E-state index < -0.39 is 17.7 Å². The molecule has 1 saturated heterocycles. The maximum atomic E-state index is 13.2. The van der Waals surface area contributed by atoms with Gasteiger partial charge in [-0.1, -0.05) is 58.9 Å². The molecule has 1 heterocycles. The second-order valence-electron chi connectivity index (χ2n) is 9.85. The molecule has 1 aliphatic heterocycles. The number of ether oxygens (including phenoxy) is 1. The number of likely N-dealkylation sites (N-methyl/N-ethyl adjacent to an activating group) is 1. The van der Waals surface area contributed by atoms with Gasteiger partial charge < -0.3 is 19.6 Å². The molecule has 2 aromatic rings. The van der Waals surface area contributed by atoms with Crippen molar-refractivity contribution in [1.29, 1.82) is 0 Å². The molecule has 0 bridgehead atoms. The van der Waals surface area contributed by atoms with Crippen LogP contribution in [0.15, 0.2) is 54.1 Å². The number of benzene rings is 2. The fourth-order valence-corrected chi connectivity index (χ4v) is 4.44. The Morgan fingerprint density at radius 1 is 0.971 bits per heavy atom. The molecular formula is C29H38N2O4. The van der Waals surface area contributed by atoms with E-state index in [2.05, 4.69) is 39.5 Å². The highest BCUT2D eigenvalue weighted by Crippen LogP contribution is 2.40. The fourth-order valence-electron chi connectivity index (χ4n) is 4.44. The van der Waals surface area contributed by atoms with Crippen LogP contribution in [0.25, 0.3) is 5.76 Å². The molecule has 0 unspecified atom stereocenters. The third-order valence-electron chi connectivity index (χ3n) is 6.62. The van der Waals surface area contributed by atoms with Gasteiger partial charge in [-0.15, -0.1) is 0 Å². The maximum absolute atomic E-state index is 13.2. The quantitative estimate of drug-likeness (QED) is 0.307. The van der Waals surface area contributed by atoms with Crippen molar-refractivity contribution in [2.45, 2.75) is 53.0 Å². The molecule has 0 aliphatic carbocycles. The number of likely N-dealkylation sites (tertiary alicyclic amines) is 1. The standard InChI is InChI=1S/C29H38N2O4/c1-7-30(8-2)18-19-31-25(20-10-14-22(15-11-20)29(4,5)6)24(27(33)28(31)34)26(32)21-12-16-23(17-13-21)35-9-3/h10-17,25,32H,7-9,18-19H2,1-6H3/t25-/m1/s1. The summed E-state index contributed by atoms with van der Waals surface area (Å²) in [6, 6.07) is 14.3. The minimum atomic E-state index is -0.652. The minimum Gasteiger partial charge on any atom is -0.507 e. The molecule has 1 atom stereocenters. The highest BCUT2D eigenvalue weighted by Gasteiger charge is 2.46. The van der Waals surface area contributed by atoms with Crippen LogP contribution in [0, 0.1) is 0 Å². The second kappa shape index (κ2) is 11.1. The minimum absolute atomic E-state index is 0.0224. The van der Waals surface area contributed by atoms with Crippen LogP contribution in [-0.2, 0) is 15.0 Å². The van der Waals surface area contributed by atoms with Crippen molar-refractivity contribution in [2.24, 2.45) is 0 Å². The Balaban J connectivity index is 2.08. The van der Waals surface area contributed by atoms with Crippen LogP contribution in [0.3, 0.4) is 0 Å². The number of nitrogens with zero attached hydrogens (tertiary/aromatic N) is 2. The number of Topliss-reactive ketones (excluding diaryl/α,β-unsaturated/α-hetero) is 1. The molecule has 0 radical (unpaired) electrons. The molecule has 3 rings (SSSR count). The highest BCUT2D eigenvalue weighted by atomic mass is 16.5. The van der Waals surface area contributed by atoms with E-state index in [-0.39, 0.29) is 16.7 Å². The Morgan fingerprint density at radius 2 is 1.57 bits per heavy atom. The van der Waals surface area contributed by atoms with Gasteiger partial charge in [0.15, 0.2) is 0 Å². The number of carbonyl (C=O) groups excluding carboxylic acids is 2. The third kappa shape index (κ3) is 5.76. The van der Waals surface area contributed by atoms with E-state index in [9.17, 15) is 14.7 Å². The van der Waals surface area contributed by atoms with Crippen LogP contribution < -0.4 is 4.74 Å². The Labute approximate surface area is 209 Å². The average molecular weight is 479 g/mol. The molecule has 0 aromatic heterocycles. The first-order valence-corrected chi connectivity index (χ1v) is 12.5. The van der Waals surface area contributed by atoms with E-state index in [1.54, 1.807) is 29.2 Å². The second-order valence-corrected chi connectivity index (χ2v) is 9.85. The topological polar surface area (TPSA) is 70.1 Å². The van der Waals surface area contributed by atoms with Gasteiger partial charge in [0.1, 0.15) is 11.5 Å².